The summed E-state index contributed by atoms with van der Waals surface area (Å²) in [4.78, 5) is 23.9. The van der Waals surface area contributed by atoms with Gasteiger partial charge < -0.3 is 20.5 Å². The van der Waals surface area contributed by atoms with E-state index in [1.54, 1.807) is 6.92 Å². The number of nitrogen functional groups attached to an aromatic ring is 1. The predicted molar refractivity (Wildman–Crippen MR) is 84.0 cm³/mol. The molecule has 1 rings (SSSR count). The van der Waals surface area contributed by atoms with E-state index in [9.17, 15) is 9.59 Å². The summed E-state index contributed by atoms with van der Waals surface area (Å²) in [5.41, 5.74) is 6.25. The molecular weight excluding hydrogens is 292 g/mol. The average Bonchev–Trinajstić information content (AvgIpc) is 2.80. The number of hydrogen-bond acceptors (Lipinski definition) is 7. The van der Waals surface area contributed by atoms with Crippen molar-refractivity contribution in [3.8, 4) is 0 Å². The third-order valence-electron chi connectivity index (χ3n) is 2.86. The van der Waals surface area contributed by atoms with Crippen LogP contribution >= 0.6 is 11.3 Å². The summed E-state index contributed by atoms with van der Waals surface area (Å²) in [5.74, 6) is -1.08. The van der Waals surface area contributed by atoms with Crippen LogP contribution in [-0.2, 0) is 9.47 Å². The van der Waals surface area contributed by atoms with Crippen LogP contribution in [0, 0.1) is 0 Å². The van der Waals surface area contributed by atoms with Crippen LogP contribution < -0.4 is 11.1 Å². The Morgan fingerprint density at radius 1 is 1.24 bits per heavy atom. The number of thiophene rings is 1. The second-order valence-corrected chi connectivity index (χ2v) is 5.42. The summed E-state index contributed by atoms with van der Waals surface area (Å²) < 4.78 is 9.68. The van der Waals surface area contributed by atoms with Crippen LogP contribution in [0.3, 0.4) is 0 Å². The van der Waals surface area contributed by atoms with Crippen molar-refractivity contribution in [2.45, 2.75) is 33.1 Å². The van der Waals surface area contributed by atoms with Crippen molar-refractivity contribution >= 4 is 34.0 Å². The van der Waals surface area contributed by atoms with Crippen LogP contribution in [0.15, 0.2) is 0 Å². The number of methoxy groups -OCH3 is 1. The molecule has 0 spiro atoms. The quantitative estimate of drug-likeness (QED) is 0.566. The van der Waals surface area contributed by atoms with Gasteiger partial charge in [-0.15, -0.1) is 11.3 Å². The molecule has 0 unspecified atom stereocenters. The van der Waals surface area contributed by atoms with E-state index in [0.717, 1.165) is 30.6 Å². The number of hydrogen-bond donors (Lipinski definition) is 2. The first kappa shape index (κ1) is 17.3. The number of anilines is 2. The molecule has 3 N–H and O–H groups in total. The van der Waals surface area contributed by atoms with Crippen molar-refractivity contribution in [3.63, 3.8) is 0 Å². The van der Waals surface area contributed by atoms with Crippen LogP contribution in [0.2, 0.25) is 0 Å². The van der Waals surface area contributed by atoms with Crippen molar-refractivity contribution in [3.05, 3.63) is 10.4 Å². The van der Waals surface area contributed by atoms with Crippen LogP contribution in [0.25, 0.3) is 0 Å². The summed E-state index contributed by atoms with van der Waals surface area (Å²) in [6, 6.07) is 0. The molecule has 7 heteroatoms. The minimum absolute atomic E-state index is 0.114. The highest BCUT2D eigenvalue weighted by Crippen LogP contribution is 2.36. The average molecular weight is 314 g/mol. The van der Waals surface area contributed by atoms with E-state index >= 15 is 0 Å². The fraction of sp³-hybridized carbons (Fsp3) is 0.571. The first-order chi connectivity index (χ1) is 10.1. The van der Waals surface area contributed by atoms with Gasteiger partial charge in [0.15, 0.2) is 0 Å². The fourth-order valence-electron chi connectivity index (χ4n) is 1.80. The lowest BCUT2D eigenvalue weighted by atomic mass is 10.2. The maximum Gasteiger partial charge on any atom is 0.350 e. The summed E-state index contributed by atoms with van der Waals surface area (Å²) in [5, 5.41) is 3.72. The van der Waals surface area contributed by atoms with Gasteiger partial charge in [0.25, 0.3) is 0 Å². The molecule has 0 bridgehead atoms. The summed E-state index contributed by atoms with van der Waals surface area (Å²) in [6.45, 7) is 4.79. The lowest BCUT2D eigenvalue weighted by Gasteiger charge is -2.07. The Kier molecular flexibility index (Phi) is 7.01. The third kappa shape index (κ3) is 4.35. The Morgan fingerprint density at radius 2 is 1.95 bits per heavy atom. The number of carbonyl (C=O) groups excluding carboxylic acids is 2. The first-order valence-electron chi connectivity index (χ1n) is 6.98. The van der Waals surface area contributed by atoms with E-state index < -0.39 is 11.9 Å². The number of carbonyl (C=O) groups is 2. The second kappa shape index (κ2) is 8.51. The van der Waals surface area contributed by atoms with E-state index in [0.29, 0.717) is 11.5 Å². The molecule has 0 aliphatic rings. The Balaban J connectivity index is 3.02. The van der Waals surface area contributed by atoms with Gasteiger partial charge in [-0.2, -0.15) is 0 Å². The monoisotopic (exact) mass is 314 g/mol. The number of ether oxygens (including phenoxy) is 2. The maximum absolute atomic E-state index is 12.0. The Hall–Kier alpha value is -1.76. The largest absolute Gasteiger partial charge is 0.465 e. The Bertz CT molecular complexity index is 499. The summed E-state index contributed by atoms with van der Waals surface area (Å²) in [6.07, 6.45) is 3.17. The molecule has 0 saturated heterocycles. The topological polar surface area (TPSA) is 90.6 Å². The molecule has 0 atom stereocenters. The zero-order valence-electron chi connectivity index (χ0n) is 12.7. The predicted octanol–water partition coefficient (Wildman–Crippen LogP) is 2.90. The third-order valence-corrected chi connectivity index (χ3v) is 4.00. The number of nitrogens with one attached hydrogen (secondary N) is 1. The number of nitrogens with two attached hydrogens (primary N) is 1. The van der Waals surface area contributed by atoms with Crippen LogP contribution in [-0.4, -0.2) is 32.2 Å². The minimum atomic E-state index is -0.551. The van der Waals surface area contributed by atoms with Crippen LogP contribution in [0.5, 0.6) is 0 Å². The molecule has 0 fully saturated rings. The molecule has 21 heavy (non-hydrogen) atoms. The van der Waals surface area contributed by atoms with Crippen molar-refractivity contribution in [2.24, 2.45) is 0 Å². The highest BCUT2D eigenvalue weighted by molar-refractivity contribution is 7.19. The molecule has 0 aromatic carbocycles. The van der Waals surface area contributed by atoms with Gasteiger partial charge in [0.05, 0.1) is 19.4 Å². The van der Waals surface area contributed by atoms with Gasteiger partial charge in [-0.05, 0) is 13.3 Å². The SMILES string of the molecule is CCCCCNc1sc(C(=O)OC)c(N)c1C(=O)OCC. The minimum Gasteiger partial charge on any atom is -0.465 e. The summed E-state index contributed by atoms with van der Waals surface area (Å²) in [7, 11) is 1.28. The van der Waals surface area contributed by atoms with Crippen molar-refractivity contribution in [1.82, 2.24) is 0 Å². The molecule has 0 aliphatic carbocycles. The van der Waals surface area contributed by atoms with Gasteiger partial charge >= 0.3 is 11.9 Å². The Morgan fingerprint density at radius 3 is 2.52 bits per heavy atom. The summed E-state index contributed by atoms with van der Waals surface area (Å²) >= 11 is 1.12. The zero-order chi connectivity index (χ0) is 15.8. The van der Waals surface area contributed by atoms with Gasteiger partial charge in [-0.3, -0.25) is 0 Å². The Labute approximate surface area is 128 Å². The van der Waals surface area contributed by atoms with Gasteiger partial charge in [0.1, 0.15) is 15.4 Å². The molecule has 118 valence electrons. The van der Waals surface area contributed by atoms with E-state index in [-0.39, 0.29) is 22.7 Å². The normalized spacial score (nSPS) is 10.2. The second-order valence-electron chi connectivity index (χ2n) is 4.39. The highest BCUT2D eigenvalue weighted by atomic mass is 32.1. The van der Waals surface area contributed by atoms with Gasteiger partial charge in [-0.25, -0.2) is 9.59 Å². The standard InChI is InChI=1S/C14H22N2O4S/c1-4-6-7-8-16-12-9(13(17)20-5-2)10(15)11(21-12)14(18)19-3/h16H,4-8,15H2,1-3H3. The molecule has 0 radical (unpaired) electrons. The zero-order valence-corrected chi connectivity index (χ0v) is 13.5. The van der Waals surface area contributed by atoms with E-state index in [1.807, 2.05) is 0 Å². The lowest BCUT2D eigenvalue weighted by molar-refractivity contribution is 0.0529. The lowest BCUT2D eigenvalue weighted by Crippen LogP contribution is -2.11. The van der Waals surface area contributed by atoms with E-state index in [1.165, 1.54) is 7.11 Å². The molecule has 1 heterocycles. The number of esters is 2. The molecule has 1 aromatic rings. The van der Waals surface area contributed by atoms with Crippen LogP contribution in [0.1, 0.15) is 53.1 Å². The van der Waals surface area contributed by atoms with Gasteiger partial charge in [0.2, 0.25) is 0 Å². The highest BCUT2D eigenvalue weighted by Gasteiger charge is 2.26. The van der Waals surface area contributed by atoms with Crippen molar-refractivity contribution in [1.29, 1.82) is 0 Å². The number of rotatable bonds is 8. The van der Waals surface area contributed by atoms with Crippen molar-refractivity contribution in [2.75, 3.05) is 31.3 Å². The molecular formula is C14H22N2O4S. The molecule has 1 aromatic heterocycles. The molecule has 0 amide bonds. The van der Waals surface area contributed by atoms with Gasteiger partial charge in [0, 0.05) is 6.54 Å². The van der Waals surface area contributed by atoms with E-state index in [2.05, 4.69) is 17.0 Å². The van der Waals surface area contributed by atoms with Crippen molar-refractivity contribution < 1.29 is 19.1 Å². The number of unbranched alkanes of at least 4 members (excludes halogenated alkanes) is 2. The molecule has 0 aliphatic heterocycles. The van der Waals surface area contributed by atoms with Crippen LogP contribution in [0.4, 0.5) is 10.7 Å². The molecule has 0 saturated carbocycles. The van der Waals surface area contributed by atoms with Gasteiger partial charge in [-0.1, -0.05) is 19.8 Å². The fourth-order valence-corrected chi connectivity index (χ4v) is 2.85. The first-order valence-corrected chi connectivity index (χ1v) is 7.79. The molecule has 6 nitrogen and oxygen atoms in total. The smallest absolute Gasteiger partial charge is 0.350 e. The van der Waals surface area contributed by atoms with E-state index in [4.69, 9.17) is 10.5 Å². The maximum atomic E-state index is 12.0.